The first kappa shape index (κ1) is 29.6. The van der Waals surface area contributed by atoms with Gasteiger partial charge in [-0.15, -0.1) is 0 Å². The summed E-state index contributed by atoms with van der Waals surface area (Å²) < 4.78 is 13.6. The van der Waals surface area contributed by atoms with Crippen LogP contribution in [0.25, 0.3) is 0 Å². The van der Waals surface area contributed by atoms with Gasteiger partial charge in [-0.1, -0.05) is 153 Å². The summed E-state index contributed by atoms with van der Waals surface area (Å²) in [5.41, 5.74) is 0. The Morgan fingerprint density at radius 2 is 0.628 bits per heavy atom. The monoisotopic (exact) mass is 602 g/mol. The third-order valence-electron chi connectivity index (χ3n) is 7.88. The van der Waals surface area contributed by atoms with Gasteiger partial charge in [-0.3, -0.25) is 0 Å². The van der Waals surface area contributed by atoms with Crippen LogP contribution in [0.2, 0.25) is 0 Å². The molecule has 5 aromatic carbocycles. The summed E-state index contributed by atoms with van der Waals surface area (Å²) in [6, 6.07) is 48.4. The smallest absolute Gasteiger partial charge is 0.128 e. The van der Waals surface area contributed by atoms with Gasteiger partial charge in [-0.25, -0.2) is 0 Å². The van der Waals surface area contributed by atoms with E-state index in [0.29, 0.717) is 0 Å². The van der Waals surface area contributed by atoms with E-state index in [9.17, 15) is 0 Å². The summed E-state index contributed by atoms with van der Waals surface area (Å²) in [6.45, 7) is 1.46. The summed E-state index contributed by atoms with van der Waals surface area (Å²) in [5, 5.41) is 7.74. The Bertz CT molecular complexity index is 1340. The third kappa shape index (κ3) is 7.56. The SMILES string of the molecule is c1ccc(P(c2ccccc2)c2cc3c(P(c4ccccc4)c4ccccc4)cc2OCCCCCCCCCO3)cc1. The molecule has 218 valence electrons. The molecule has 43 heavy (non-hydrogen) atoms. The van der Waals surface area contributed by atoms with Gasteiger partial charge < -0.3 is 9.47 Å². The lowest BCUT2D eigenvalue weighted by atomic mass is 10.1. The molecule has 2 heterocycles. The number of fused-ring (bicyclic) bond motifs is 12. The van der Waals surface area contributed by atoms with Crippen LogP contribution in [0.15, 0.2) is 133 Å². The first-order valence-corrected chi connectivity index (χ1v) is 18.3. The van der Waals surface area contributed by atoms with Crippen LogP contribution in [-0.4, -0.2) is 13.2 Å². The van der Waals surface area contributed by atoms with Crippen LogP contribution in [0.1, 0.15) is 44.9 Å². The zero-order chi connectivity index (χ0) is 29.1. The molecule has 0 spiro atoms. The van der Waals surface area contributed by atoms with Gasteiger partial charge in [0.15, 0.2) is 0 Å². The highest BCUT2D eigenvalue weighted by molar-refractivity contribution is 7.80. The molecule has 0 unspecified atom stereocenters. The fraction of sp³-hybridized carbons (Fsp3) is 0.231. The Labute approximate surface area is 259 Å². The van der Waals surface area contributed by atoms with Crippen LogP contribution in [0.3, 0.4) is 0 Å². The summed E-state index contributed by atoms with van der Waals surface area (Å²) in [4.78, 5) is 0. The molecular formula is C39H40O2P2. The van der Waals surface area contributed by atoms with Crippen LogP contribution in [0.4, 0.5) is 0 Å². The molecule has 0 fully saturated rings. The maximum Gasteiger partial charge on any atom is 0.128 e. The Balaban J connectivity index is 1.56. The van der Waals surface area contributed by atoms with Gasteiger partial charge in [0.1, 0.15) is 11.5 Å². The molecule has 0 amide bonds. The molecule has 2 aliphatic heterocycles. The maximum atomic E-state index is 6.82. The topological polar surface area (TPSA) is 18.5 Å². The number of hydrogen-bond donors (Lipinski definition) is 0. The van der Waals surface area contributed by atoms with E-state index in [0.717, 1.165) is 37.6 Å². The van der Waals surface area contributed by atoms with Crippen LogP contribution in [-0.2, 0) is 0 Å². The van der Waals surface area contributed by atoms with Crippen molar-refractivity contribution in [1.29, 1.82) is 0 Å². The number of rotatable bonds is 6. The molecule has 5 aromatic rings. The first-order valence-electron chi connectivity index (χ1n) is 15.6. The van der Waals surface area contributed by atoms with E-state index in [2.05, 4.69) is 133 Å². The Kier molecular flexibility index (Phi) is 10.6. The fourth-order valence-corrected chi connectivity index (χ4v) is 10.5. The van der Waals surface area contributed by atoms with E-state index >= 15 is 0 Å². The molecule has 2 bridgehead atoms. The van der Waals surface area contributed by atoms with Crippen molar-refractivity contribution in [3.8, 4) is 11.5 Å². The van der Waals surface area contributed by atoms with E-state index in [-0.39, 0.29) is 0 Å². The van der Waals surface area contributed by atoms with Gasteiger partial charge in [-0.2, -0.15) is 0 Å². The Morgan fingerprint density at radius 3 is 0.930 bits per heavy atom. The first-order chi connectivity index (χ1) is 21.4. The molecule has 7 rings (SSSR count). The van der Waals surface area contributed by atoms with Gasteiger partial charge in [0.2, 0.25) is 0 Å². The second-order valence-electron chi connectivity index (χ2n) is 11.0. The highest BCUT2D eigenvalue weighted by atomic mass is 31.1. The Hall–Kier alpha value is -3.44. The molecule has 0 aromatic heterocycles. The van der Waals surface area contributed by atoms with E-state index in [1.165, 1.54) is 63.9 Å². The van der Waals surface area contributed by atoms with Gasteiger partial charge in [0.05, 0.1) is 13.2 Å². The molecule has 2 nitrogen and oxygen atoms in total. The van der Waals surface area contributed by atoms with Crippen LogP contribution < -0.4 is 41.3 Å². The summed E-state index contributed by atoms with van der Waals surface area (Å²) in [7, 11) is -1.70. The minimum Gasteiger partial charge on any atom is -0.493 e. The molecule has 0 radical (unpaired) electrons. The molecule has 0 saturated heterocycles. The molecule has 2 aliphatic rings. The minimum absolute atomic E-state index is 0.730. The van der Waals surface area contributed by atoms with Crippen molar-refractivity contribution in [1.82, 2.24) is 0 Å². The van der Waals surface area contributed by atoms with E-state index in [1.54, 1.807) is 0 Å². The van der Waals surface area contributed by atoms with Gasteiger partial charge in [0.25, 0.3) is 0 Å². The minimum atomic E-state index is -0.852. The molecule has 0 aliphatic carbocycles. The lowest BCUT2D eigenvalue weighted by Gasteiger charge is -2.27. The average Bonchev–Trinajstić information content (AvgIpc) is 3.08. The number of ether oxygens (including phenoxy) is 2. The zero-order valence-electron chi connectivity index (χ0n) is 24.8. The van der Waals surface area contributed by atoms with Crippen molar-refractivity contribution >= 4 is 47.7 Å². The predicted octanol–water partition coefficient (Wildman–Crippen LogP) is 7.70. The van der Waals surface area contributed by atoms with Crippen LogP contribution in [0.5, 0.6) is 11.5 Å². The quantitative estimate of drug-likeness (QED) is 0.186. The number of hydrogen-bond acceptors (Lipinski definition) is 2. The second-order valence-corrected chi connectivity index (χ2v) is 15.3. The highest BCUT2D eigenvalue weighted by Crippen LogP contribution is 2.42. The van der Waals surface area contributed by atoms with Crippen molar-refractivity contribution in [2.24, 2.45) is 0 Å². The van der Waals surface area contributed by atoms with Gasteiger partial charge in [-0.05, 0) is 62.0 Å². The molecule has 0 N–H and O–H groups in total. The maximum absolute atomic E-state index is 6.82. The van der Waals surface area contributed by atoms with Crippen molar-refractivity contribution in [3.63, 3.8) is 0 Å². The van der Waals surface area contributed by atoms with Crippen molar-refractivity contribution in [2.45, 2.75) is 44.9 Å². The standard InChI is InChI=1S/C39H40O2P2/c1-2-4-18-28-40-36-30-39(43(34-24-14-8-15-25-34)35-26-16-9-17-27-35)37(41-29-19-5-3-1)31-38(36)42(32-20-10-6-11-21-32)33-22-12-7-13-23-33/h6-17,20-27,30-31H,1-5,18-19,28-29H2. The van der Waals surface area contributed by atoms with Crippen LogP contribution >= 0.6 is 15.8 Å². The summed E-state index contributed by atoms with van der Waals surface area (Å²) >= 11 is 0. The lowest BCUT2D eigenvalue weighted by molar-refractivity contribution is 0.305. The predicted molar refractivity (Wildman–Crippen MR) is 187 cm³/mol. The van der Waals surface area contributed by atoms with Gasteiger partial charge >= 0.3 is 0 Å². The number of benzene rings is 5. The van der Waals surface area contributed by atoms with Crippen molar-refractivity contribution < 1.29 is 9.47 Å². The van der Waals surface area contributed by atoms with E-state index in [1.807, 2.05) is 0 Å². The normalized spacial score (nSPS) is 14.5. The van der Waals surface area contributed by atoms with E-state index < -0.39 is 15.8 Å². The van der Waals surface area contributed by atoms with Crippen molar-refractivity contribution in [3.05, 3.63) is 133 Å². The molecule has 0 saturated carbocycles. The Morgan fingerprint density at radius 1 is 0.349 bits per heavy atom. The van der Waals surface area contributed by atoms with Crippen molar-refractivity contribution in [2.75, 3.05) is 13.2 Å². The third-order valence-corrected chi connectivity index (χ3v) is 12.8. The average molecular weight is 603 g/mol. The van der Waals surface area contributed by atoms with E-state index in [4.69, 9.17) is 9.47 Å². The van der Waals surface area contributed by atoms with Gasteiger partial charge in [0, 0.05) is 10.6 Å². The highest BCUT2D eigenvalue weighted by Gasteiger charge is 2.27. The lowest BCUT2D eigenvalue weighted by Crippen LogP contribution is -2.27. The van der Waals surface area contributed by atoms with Crippen LogP contribution in [0, 0.1) is 0 Å². The summed E-state index contributed by atoms with van der Waals surface area (Å²) in [5.74, 6) is 1.99. The zero-order valence-corrected chi connectivity index (χ0v) is 26.6. The summed E-state index contributed by atoms with van der Waals surface area (Å²) in [6.07, 6.45) is 8.42. The fourth-order valence-electron chi connectivity index (χ4n) is 5.73. The largest absolute Gasteiger partial charge is 0.493 e. The molecule has 4 heteroatoms. The molecular weight excluding hydrogens is 562 g/mol. The second kappa shape index (κ2) is 15.3. The molecule has 0 atom stereocenters.